The largest absolute Gasteiger partial charge is 0.491 e. The second-order valence-corrected chi connectivity index (χ2v) is 11.1. The Morgan fingerprint density at radius 2 is 1.90 bits per heavy atom. The second-order valence-electron chi connectivity index (χ2n) is 10.7. The molecule has 2 fully saturated rings. The molecule has 2 aliphatic rings. The number of likely N-dealkylation sites (N-methyl/N-ethyl adjacent to an activating group) is 1. The molecule has 0 radical (unpaired) electrons. The standard InChI is InChI=1S/C28H37ClF2N6O3/c1-15-26(25(16(2)32)17(3)38)34-27(22-7-21(5-6-23(22)29)40-14-20(39)8-33-4)35-28(15)37-11-18-9-36(13-24(30)31)10-19(18)12-37/h5-7,18-20,24,33,39H,8-14,32H2,1-4H3/t18-,19-,20-/m1/s1. The van der Waals surface area contributed by atoms with Gasteiger partial charge < -0.3 is 25.8 Å². The maximum absolute atomic E-state index is 13.0. The van der Waals surface area contributed by atoms with Gasteiger partial charge in [-0.15, -0.1) is 0 Å². The van der Waals surface area contributed by atoms with E-state index >= 15 is 0 Å². The zero-order valence-electron chi connectivity index (χ0n) is 23.3. The number of carbonyl (C=O) groups is 1. The predicted molar refractivity (Wildman–Crippen MR) is 152 cm³/mol. The summed E-state index contributed by atoms with van der Waals surface area (Å²) < 4.78 is 31.7. The van der Waals surface area contributed by atoms with E-state index in [1.807, 2.05) is 11.8 Å². The number of nitrogens with zero attached hydrogens (tertiary/aromatic N) is 4. The number of aromatic nitrogens is 2. The summed E-state index contributed by atoms with van der Waals surface area (Å²) in [6.07, 6.45) is -3.04. The average molecular weight is 579 g/mol. The van der Waals surface area contributed by atoms with E-state index in [1.165, 1.54) is 6.92 Å². The molecule has 0 spiro atoms. The Labute approximate surface area is 238 Å². The minimum atomic E-state index is -2.35. The van der Waals surface area contributed by atoms with Crippen molar-refractivity contribution in [1.82, 2.24) is 20.2 Å². The molecule has 12 heteroatoms. The minimum Gasteiger partial charge on any atom is -0.491 e. The monoisotopic (exact) mass is 578 g/mol. The van der Waals surface area contributed by atoms with Gasteiger partial charge in [0.1, 0.15) is 24.3 Å². The lowest BCUT2D eigenvalue weighted by Gasteiger charge is -2.25. The van der Waals surface area contributed by atoms with Gasteiger partial charge in [-0.05, 0) is 57.9 Å². The van der Waals surface area contributed by atoms with Crippen molar-refractivity contribution in [3.05, 3.63) is 40.2 Å². The van der Waals surface area contributed by atoms with Crippen LogP contribution in [0.4, 0.5) is 14.6 Å². The first-order valence-corrected chi connectivity index (χ1v) is 13.7. The number of likely N-dealkylation sites (tertiary alicyclic amines) is 1. The van der Waals surface area contributed by atoms with Gasteiger partial charge in [0, 0.05) is 49.5 Å². The third-order valence-electron chi connectivity index (χ3n) is 7.42. The van der Waals surface area contributed by atoms with E-state index in [0.29, 0.717) is 83.2 Å². The summed E-state index contributed by atoms with van der Waals surface area (Å²) in [5.74, 6) is 1.70. The lowest BCUT2D eigenvalue weighted by molar-refractivity contribution is -0.111. The van der Waals surface area contributed by atoms with Gasteiger partial charge in [0.2, 0.25) is 0 Å². The number of anilines is 1. The molecule has 2 aliphatic heterocycles. The van der Waals surface area contributed by atoms with Crippen LogP contribution in [-0.2, 0) is 4.79 Å². The summed E-state index contributed by atoms with van der Waals surface area (Å²) in [7, 11) is 1.74. The molecule has 218 valence electrons. The molecule has 4 rings (SSSR count). The normalized spacial score (nSPS) is 20.6. The predicted octanol–water partition coefficient (Wildman–Crippen LogP) is 2.98. The molecule has 0 amide bonds. The number of carbonyl (C=O) groups excluding carboxylic acids is 1. The van der Waals surface area contributed by atoms with Gasteiger partial charge >= 0.3 is 0 Å². The first-order chi connectivity index (χ1) is 19.0. The molecule has 2 saturated heterocycles. The van der Waals surface area contributed by atoms with Crippen molar-refractivity contribution < 1.29 is 23.4 Å². The van der Waals surface area contributed by atoms with Crippen molar-refractivity contribution in [3.8, 4) is 17.1 Å². The number of halogens is 3. The zero-order chi connectivity index (χ0) is 29.1. The number of nitrogens with two attached hydrogens (primary N) is 1. The Morgan fingerprint density at radius 1 is 1.23 bits per heavy atom. The molecule has 1 aromatic carbocycles. The smallest absolute Gasteiger partial charge is 0.251 e. The van der Waals surface area contributed by atoms with Gasteiger partial charge in [-0.25, -0.2) is 18.7 Å². The van der Waals surface area contributed by atoms with Crippen LogP contribution in [0.15, 0.2) is 23.9 Å². The number of hydrogen-bond donors (Lipinski definition) is 3. The molecule has 0 saturated carbocycles. The number of rotatable bonds is 11. The number of alkyl halides is 2. The van der Waals surface area contributed by atoms with Crippen LogP contribution in [0.1, 0.15) is 25.1 Å². The quantitative estimate of drug-likeness (QED) is 0.346. The van der Waals surface area contributed by atoms with Crippen LogP contribution in [0.5, 0.6) is 5.75 Å². The number of aliphatic hydroxyl groups is 1. The van der Waals surface area contributed by atoms with Gasteiger partial charge in [0.15, 0.2) is 11.6 Å². The number of hydrogen-bond acceptors (Lipinski definition) is 9. The molecule has 0 bridgehead atoms. The van der Waals surface area contributed by atoms with Gasteiger partial charge in [-0.3, -0.25) is 9.69 Å². The third kappa shape index (κ3) is 6.71. The number of nitrogens with one attached hydrogen (secondary N) is 1. The summed E-state index contributed by atoms with van der Waals surface area (Å²) >= 11 is 6.61. The van der Waals surface area contributed by atoms with E-state index in [9.17, 15) is 18.7 Å². The molecule has 3 atom stereocenters. The first-order valence-electron chi connectivity index (χ1n) is 13.4. The van der Waals surface area contributed by atoms with Gasteiger partial charge in [0.25, 0.3) is 6.43 Å². The number of ether oxygens (including phenoxy) is 1. The van der Waals surface area contributed by atoms with E-state index in [-0.39, 0.29) is 30.8 Å². The molecular formula is C28H37ClF2N6O3. The van der Waals surface area contributed by atoms with Crippen molar-refractivity contribution in [3.63, 3.8) is 0 Å². The first kappa shape index (κ1) is 30.1. The highest BCUT2D eigenvalue weighted by Crippen LogP contribution is 2.38. The van der Waals surface area contributed by atoms with Gasteiger partial charge in [-0.2, -0.15) is 0 Å². The topological polar surface area (TPSA) is 117 Å². The van der Waals surface area contributed by atoms with Crippen LogP contribution < -0.4 is 20.7 Å². The number of Topliss-reactive ketones (excluding diaryl/α,β-unsaturated/α-hetero) is 1. The van der Waals surface area contributed by atoms with Gasteiger partial charge in [-0.1, -0.05) is 11.6 Å². The number of aliphatic hydroxyl groups excluding tert-OH is 1. The van der Waals surface area contributed by atoms with Crippen molar-refractivity contribution in [1.29, 1.82) is 0 Å². The van der Waals surface area contributed by atoms with Crippen molar-refractivity contribution >= 4 is 28.8 Å². The second kappa shape index (κ2) is 12.8. The Morgan fingerprint density at radius 3 is 2.48 bits per heavy atom. The highest BCUT2D eigenvalue weighted by Gasteiger charge is 2.41. The van der Waals surface area contributed by atoms with Crippen LogP contribution in [0, 0.1) is 18.8 Å². The van der Waals surface area contributed by atoms with Crippen LogP contribution >= 0.6 is 11.6 Å². The van der Waals surface area contributed by atoms with Crippen LogP contribution in [0.2, 0.25) is 5.02 Å². The fourth-order valence-corrected chi connectivity index (χ4v) is 5.87. The molecule has 9 nitrogen and oxygen atoms in total. The van der Waals surface area contributed by atoms with Crippen LogP contribution in [-0.4, -0.2) is 91.2 Å². The van der Waals surface area contributed by atoms with Gasteiger partial charge in [0.05, 0.1) is 22.8 Å². The molecule has 4 N–H and O–H groups in total. The molecule has 0 aliphatic carbocycles. The Balaban J connectivity index is 1.73. The summed E-state index contributed by atoms with van der Waals surface area (Å²) in [5, 5.41) is 13.3. The van der Waals surface area contributed by atoms with Crippen molar-refractivity contribution in [2.24, 2.45) is 17.6 Å². The maximum Gasteiger partial charge on any atom is 0.251 e. The molecule has 3 heterocycles. The molecule has 0 unspecified atom stereocenters. The Hall–Kier alpha value is -2.86. The third-order valence-corrected chi connectivity index (χ3v) is 7.75. The van der Waals surface area contributed by atoms with E-state index in [1.54, 1.807) is 32.2 Å². The summed E-state index contributed by atoms with van der Waals surface area (Å²) in [6.45, 7) is 7.75. The van der Waals surface area contributed by atoms with E-state index < -0.39 is 12.5 Å². The molecule has 40 heavy (non-hydrogen) atoms. The number of allylic oxidation sites excluding steroid dienone is 2. The van der Waals surface area contributed by atoms with Crippen molar-refractivity contribution in [2.45, 2.75) is 33.3 Å². The Bertz CT molecular complexity index is 1260. The lowest BCUT2D eigenvalue weighted by atomic mass is 10.0. The van der Waals surface area contributed by atoms with Crippen LogP contribution in [0.25, 0.3) is 17.0 Å². The summed E-state index contributed by atoms with van der Waals surface area (Å²) in [5.41, 5.74) is 8.44. The van der Waals surface area contributed by atoms with Crippen molar-refractivity contribution in [2.75, 3.05) is 57.8 Å². The number of benzene rings is 1. The number of fused-ring (bicyclic) bond motifs is 1. The zero-order valence-corrected chi connectivity index (χ0v) is 24.0. The fourth-order valence-electron chi connectivity index (χ4n) is 5.67. The van der Waals surface area contributed by atoms with Crippen LogP contribution in [0.3, 0.4) is 0 Å². The van der Waals surface area contributed by atoms with E-state index in [4.69, 9.17) is 32.0 Å². The molecule has 2 aromatic rings. The summed E-state index contributed by atoms with van der Waals surface area (Å²) in [4.78, 5) is 26.3. The highest BCUT2D eigenvalue weighted by molar-refractivity contribution is 6.33. The van der Waals surface area contributed by atoms with E-state index in [0.717, 1.165) is 0 Å². The van der Waals surface area contributed by atoms with E-state index in [2.05, 4.69) is 10.2 Å². The minimum absolute atomic E-state index is 0.0793. The molecule has 1 aromatic heterocycles. The summed E-state index contributed by atoms with van der Waals surface area (Å²) in [6, 6.07) is 5.08. The number of ketones is 1. The lowest BCUT2D eigenvalue weighted by Crippen LogP contribution is -2.32. The average Bonchev–Trinajstić information content (AvgIpc) is 3.42. The Kier molecular flexibility index (Phi) is 9.60. The maximum atomic E-state index is 13.0. The SMILES string of the molecule is CNC[C@@H](O)COc1ccc(Cl)c(-c2nc(C(C(C)=O)=C(C)N)c(C)c(N3C[C@H]4CN(CC(F)F)C[C@@H]4C3)n2)c1. The fraction of sp³-hybridized carbons (Fsp3) is 0.536. The molecular weight excluding hydrogens is 542 g/mol. The highest BCUT2D eigenvalue weighted by atomic mass is 35.5.